The van der Waals surface area contributed by atoms with Crippen LogP contribution in [0.15, 0.2) is 30.5 Å². The average molecular weight is 590 g/mol. The van der Waals surface area contributed by atoms with Crippen molar-refractivity contribution < 1.29 is 43.3 Å². The number of aromatic nitrogens is 4. The van der Waals surface area contributed by atoms with E-state index in [4.69, 9.17) is 30.6 Å². The monoisotopic (exact) mass is 589 g/mol. The van der Waals surface area contributed by atoms with E-state index in [0.717, 1.165) is 12.8 Å². The van der Waals surface area contributed by atoms with Crippen molar-refractivity contribution in [1.82, 2.24) is 19.6 Å². The molecule has 6 atom stereocenters. The third kappa shape index (κ3) is 5.80. The first-order valence-electron chi connectivity index (χ1n) is 11.7. The molecule has 2 aliphatic rings. The van der Waals surface area contributed by atoms with Gasteiger partial charge in [-0.3, -0.25) is 9.13 Å². The van der Waals surface area contributed by atoms with Gasteiger partial charge in [-0.25, -0.2) is 9.50 Å². The molecule has 0 saturated carbocycles. The number of halogens is 1. The molecule has 1 saturated heterocycles. The standard InChI is InChI=1S/C21H26ClN5O9P2/c22-21-25-19(23-7-12-6-5-11-3-1-2-4-13(11)12)20-24-8-14(27(20)26-21)18-17(29)16(28)15(36-18)9-35-38(33,34)10-37(30,31)32/h1-4,8,12,15-18,28-29H,5-7,9-10H2,(H,33,34)(H,23,25,26)(H2,30,31,32)/t12-,15?,16?,17?,18?/m1/s1. The quantitative estimate of drug-likeness (QED) is 0.195. The van der Waals surface area contributed by atoms with Crippen molar-refractivity contribution in [3.8, 4) is 0 Å². The third-order valence-corrected chi connectivity index (χ3v) is 10.2. The Morgan fingerprint density at radius 2 is 1.95 bits per heavy atom. The summed E-state index contributed by atoms with van der Waals surface area (Å²) in [5, 5.41) is 28.4. The summed E-state index contributed by atoms with van der Waals surface area (Å²) in [4.78, 5) is 36.2. The number of imidazole rings is 1. The van der Waals surface area contributed by atoms with Crippen molar-refractivity contribution >= 4 is 38.3 Å². The van der Waals surface area contributed by atoms with Crippen LogP contribution in [0.3, 0.4) is 0 Å². The molecule has 14 nitrogen and oxygen atoms in total. The minimum atomic E-state index is -4.83. The molecule has 0 spiro atoms. The highest BCUT2D eigenvalue weighted by atomic mass is 35.5. The Morgan fingerprint density at radius 1 is 1.18 bits per heavy atom. The Morgan fingerprint density at radius 3 is 2.71 bits per heavy atom. The molecular weight excluding hydrogens is 564 g/mol. The van der Waals surface area contributed by atoms with Crippen LogP contribution < -0.4 is 5.32 Å². The minimum absolute atomic E-state index is 0.0994. The number of fused-ring (bicyclic) bond motifs is 2. The van der Waals surface area contributed by atoms with Gasteiger partial charge in [-0.05, 0) is 35.6 Å². The third-order valence-electron chi connectivity index (χ3n) is 6.59. The summed E-state index contributed by atoms with van der Waals surface area (Å²) < 4.78 is 34.8. The highest BCUT2D eigenvalue weighted by molar-refractivity contribution is 7.70. The summed E-state index contributed by atoms with van der Waals surface area (Å²) in [6.07, 6.45) is -2.14. The molecule has 3 aromatic rings. The molecule has 38 heavy (non-hydrogen) atoms. The molecule has 1 aliphatic carbocycles. The van der Waals surface area contributed by atoms with Gasteiger partial charge in [0.25, 0.3) is 0 Å². The summed E-state index contributed by atoms with van der Waals surface area (Å²) in [6.45, 7) is -0.122. The maximum absolute atomic E-state index is 11.9. The number of benzene rings is 1. The Bertz CT molecular complexity index is 1440. The van der Waals surface area contributed by atoms with E-state index in [2.05, 4.69) is 32.5 Å². The van der Waals surface area contributed by atoms with Gasteiger partial charge in [0, 0.05) is 12.5 Å². The predicted octanol–water partition coefficient (Wildman–Crippen LogP) is 1.42. The molecular formula is C21H26ClN5O9P2. The summed E-state index contributed by atoms with van der Waals surface area (Å²) in [7, 11) is -9.51. The van der Waals surface area contributed by atoms with Gasteiger partial charge in [-0.1, -0.05) is 24.3 Å². The number of nitrogens with zero attached hydrogens (tertiary/aromatic N) is 4. The van der Waals surface area contributed by atoms with Crippen LogP contribution in [0.2, 0.25) is 5.28 Å². The van der Waals surface area contributed by atoms with Gasteiger partial charge in [-0.2, -0.15) is 4.98 Å². The van der Waals surface area contributed by atoms with Crippen LogP contribution in [0, 0.1) is 0 Å². The SMILES string of the molecule is O=P(O)(O)CP(=O)(O)OCC1OC(c2cnc3c(NC[C@H]4CCc5ccccc54)nc(Cl)nn23)C(O)C1O. The molecule has 206 valence electrons. The van der Waals surface area contributed by atoms with Crippen LogP contribution in [0.5, 0.6) is 0 Å². The number of aliphatic hydroxyl groups is 2. The topological polar surface area (TPSA) is 209 Å². The van der Waals surface area contributed by atoms with Crippen molar-refractivity contribution in [3.63, 3.8) is 0 Å². The number of ether oxygens (including phenoxy) is 1. The summed E-state index contributed by atoms with van der Waals surface area (Å²) in [5.41, 5.74) is 3.13. The molecule has 6 N–H and O–H groups in total. The molecule has 0 radical (unpaired) electrons. The Balaban J connectivity index is 1.32. The molecule has 1 aromatic carbocycles. The Labute approximate surface area is 221 Å². The fourth-order valence-corrected chi connectivity index (χ4v) is 7.59. The van der Waals surface area contributed by atoms with E-state index >= 15 is 0 Å². The number of hydrogen-bond donors (Lipinski definition) is 6. The number of rotatable bonds is 9. The molecule has 3 heterocycles. The van der Waals surface area contributed by atoms with Gasteiger partial charge >= 0.3 is 15.2 Å². The zero-order valence-corrected chi connectivity index (χ0v) is 22.3. The number of aryl methyl sites for hydroxylation is 1. The lowest BCUT2D eigenvalue weighted by Crippen LogP contribution is -2.33. The van der Waals surface area contributed by atoms with Crippen LogP contribution in [0.4, 0.5) is 5.82 Å². The second-order valence-electron chi connectivity index (χ2n) is 9.28. The first-order valence-corrected chi connectivity index (χ1v) is 15.6. The van der Waals surface area contributed by atoms with E-state index in [1.165, 1.54) is 21.8 Å². The number of hydrogen-bond acceptors (Lipinski definition) is 10. The lowest BCUT2D eigenvalue weighted by Gasteiger charge is -2.18. The van der Waals surface area contributed by atoms with Gasteiger partial charge in [0.1, 0.15) is 24.4 Å². The van der Waals surface area contributed by atoms with Gasteiger partial charge in [0.2, 0.25) is 5.28 Å². The van der Waals surface area contributed by atoms with Crippen LogP contribution in [0.25, 0.3) is 5.65 Å². The number of anilines is 1. The zero-order chi connectivity index (χ0) is 27.2. The van der Waals surface area contributed by atoms with E-state index in [1.54, 1.807) is 0 Å². The molecule has 0 amide bonds. The van der Waals surface area contributed by atoms with E-state index in [9.17, 15) is 24.2 Å². The lowest BCUT2D eigenvalue weighted by atomic mass is 10.0. The van der Waals surface area contributed by atoms with Gasteiger partial charge < -0.3 is 39.5 Å². The molecule has 1 aliphatic heterocycles. The highest BCUT2D eigenvalue weighted by Crippen LogP contribution is 2.55. The van der Waals surface area contributed by atoms with Crippen LogP contribution >= 0.6 is 26.8 Å². The fraction of sp³-hybridized carbons (Fsp3) is 0.476. The minimum Gasteiger partial charge on any atom is -0.387 e. The Kier molecular flexibility index (Phi) is 7.66. The van der Waals surface area contributed by atoms with Crippen molar-refractivity contribution in [1.29, 1.82) is 0 Å². The number of nitrogens with one attached hydrogen (secondary N) is 1. The fourth-order valence-electron chi connectivity index (χ4n) is 4.86. The number of aliphatic hydroxyl groups excluding tert-OH is 2. The second kappa shape index (κ2) is 10.5. The summed E-state index contributed by atoms with van der Waals surface area (Å²) >= 11 is 6.18. The van der Waals surface area contributed by atoms with Crippen LogP contribution in [-0.2, 0) is 24.8 Å². The van der Waals surface area contributed by atoms with E-state index in [-0.39, 0.29) is 16.9 Å². The first-order chi connectivity index (χ1) is 17.9. The first kappa shape index (κ1) is 27.6. The van der Waals surface area contributed by atoms with Crippen LogP contribution in [-0.4, -0.2) is 81.8 Å². The normalized spacial score (nSPS) is 26.9. The van der Waals surface area contributed by atoms with Crippen molar-refractivity contribution in [2.24, 2.45) is 0 Å². The second-order valence-corrected chi connectivity index (χ2v) is 13.6. The lowest BCUT2D eigenvalue weighted by molar-refractivity contribution is -0.0204. The molecule has 1 fully saturated rings. The summed E-state index contributed by atoms with van der Waals surface area (Å²) in [5.74, 6) is -0.745. The zero-order valence-electron chi connectivity index (χ0n) is 19.7. The van der Waals surface area contributed by atoms with Crippen molar-refractivity contribution in [2.75, 3.05) is 24.4 Å². The molecule has 2 aromatic heterocycles. The van der Waals surface area contributed by atoms with E-state index in [0.29, 0.717) is 18.0 Å². The maximum Gasteiger partial charge on any atom is 0.340 e. The van der Waals surface area contributed by atoms with Crippen molar-refractivity contribution in [3.05, 3.63) is 52.6 Å². The molecule has 0 bridgehead atoms. The average Bonchev–Trinajstić information content (AvgIpc) is 3.51. The van der Waals surface area contributed by atoms with Crippen LogP contribution in [0.1, 0.15) is 35.3 Å². The van der Waals surface area contributed by atoms with Crippen molar-refractivity contribution in [2.45, 2.75) is 43.2 Å². The molecule has 5 unspecified atom stereocenters. The van der Waals surface area contributed by atoms with E-state index < -0.39 is 52.1 Å². The smallest absolute Gasteiger partial charge is 0.340 e. The largest absolute Gasteiger partial charge is 0.387 e. The molecule has 5 rings (SSSR count). The van der Waals surface area contributed by atoms with E-state index in [1.807, 2.05) is 12.1 Å². The van der Waals surface area contributed by atoms with Gasteiger partial charge in [0.15, 0.2) is 17.4 Å². The summed E-state index contributed by atoms with van der Waals surface area (Å²) in [6, 6.07) is 8.25. The maximum atomic E-state index is 11.9. The molecule has 17 heteroatoms. The highest BCUT2D eigenvalue weighted by Gasteiger charge is 2.46. The van der Waals surface area contributed by atoms with Gasteiger partial charge in [0.05, 0.1) is 18.5 Å². The Hall–Kier alpha value is -1.96. The predicted molar refractivity (Wildman–Crippen MR) is 134 cm³/mol. The van der Waals surface area contributed by atoms with Gasteiger partial charge in [-0.15, -0.1) is 5.10 Å².